The van der Waals surface area contributed by atoms with Crippen molar-refractivity contribution in [3.05, 3.63) is 54.1 Å². The Morgan fingerprint density at radius 3 is 2.57 bits per heavy atom. The molecule has 0 bridgehead atoms. The number of benzene rings is 2. The molecule has 2 aromatic carbocycles. The van der Waals surface area contributed by atoms with Gasteiger partial charge < -0.3 is 9.64 Å². The minimum atomic E-state index is -0.470. The van der Waals surface area contributed by atoms with Gasteiger partial charge in [0, 0.05) is 30.0 Å². The third kappa shape index (κ3) is 5.76. The van der Waals surface area contributed by atoms with Crippen LogP contribution in [0.4, 0.5) is 5.69 Å². The summed E-state index contributed by atoms with van der Waals surface area (Å²) in [6.45, 7) is 2.42. The Morgan fingerprint density at radius 1 is 1.00 bits per heavy atom. The van der Waals surface area contributed by atoms with Gasteiger partial charge in [0.1, 0.15) is 5.75 Å². The van der Waals surface area contributed by atoms with Gasteiger partial charge in [-0.3, -0.25) is 25.2 Å². The smallest absolute Gasteiger partial charge is 0.276 e. The molecule has 158 valence electrons. The van der Waals surface area contributed by atoms with E-state index in [2.05, 4.69) is 10.9 Å². The maximum Gasteiger partial charge on any atom is 0.276 e. The first-order valence-corrected chi connectivity index (χ1v) is 10.9. The van der Waals surface area contributed by atoms with Crippen LogP contribution in [-0.2, 0) is 20.8 Å². The number of carbonyl (C=O) groups is 3. The predicted octanol–water partition coefficient (Wildman–Crippen LogP) is 2.69. The Balaban J connectivity index is 1.40. The number of nitrogens with one attached hydrogen (secondary N) is 2. The van der Waals surface area contributed by atoms with Gasteiger partial charge in [0.25, 0.3) is 5.91 Å². The second kappa shape index (κ2) is 10.7. The van der Waals surface area contributed by atoms with E-state index in [9.17, 15) is 14.4 Å². The van der Waals surface area contributed by atoms with Gasteiger partial charge in [-0.15, -0.1) is 11.8 Å². The third-order valence-corrected chi connectivity index (χ3v) is 5.69. The summed E-state index contributed by atoms with van der Waals surface area (Å²) in [5.41, 5.74) is 6.54. The van der Waals surface area contributed by atoms with Crippen LogP contribution in [-0.4, -0.2) is 36.6 Å². The van der Waals surface area contributed by atoms with Crippen LogP contribution in [0.5, 0.6) is 5.75 Å². The van der Waals surface area contributed by atoms with Gasteiger partial charge in [0.05, 0.1) is 5.69 Å². The number of thioether (sulfide) groups is 1. The van der Waals surface area contributed by atoms with E-state index in [0.717, 1.165) is 28.3 Å². The average molecular weight is 428 g/mol. The van der Waals surface area contributed by atoms with Crippen molar-refractivity contribution in [3.63, 3.8) is 0 Å². The molecule has 0 unspecified atom stereocenters. The van der Waals surface area contributed by atoms with Crippen molar-refractivity contribution >= 4 is 35.2 Å². The van der Waals surface area contributed by atoms with Crippen molar-refractivity contribution in [3.8, 4) is 5.75 Å². The van der Waals surface area contributed by atoms with E-state index in [1.165, 1.54) is 0 Å². The fraction of sp³-hybridized carbons (Fsp3) is 0.318. The van der Waals surface area contributed by atoms with Gasteiger partial charge in [-0.1, -0.05) is 37.3 Å². The zero-order chi connectivity index (χ0) is 21.3. The maximum absolute atomic E-state index is 12.6. The fourth-order valence-electron chi connectivity index (χ4n) is 3.10. The van der Waals surface area contributed by atoms with E-state index >= 15 is 0 Å². The van der Waals surface area contributed by atoms with E-state index in [0.29, 0.717) is 12.3 Å². The van der Waals surface area contributed by atoms with Crippen molar-refractivity contribution in [2.75, 3.05) is 23.8 Å². The monoisotopic (exact) mass is 427 g/mol. The summed E-state index contributed by atoms with van der Waals surface area (Å²) in [5, 5.41) is 0. The molecule has 0 saturated carbocycles. The van der Waals surface area contributed by atoms with Crippen molar-refractivity contribution in [2.45, 2.75) is 31.1 Å². The van der Waals surface area contributed by atoms with Gasteiger partial charge in [0.15, 0.2) is 6.61 Å². The van der Waals surface area contributed by atoms with Crippen LogP contribution in [0.2, 0.25) is 0 Å². The zero-order valence-electron chi connectivity index (χ0n) is 16.8. The highest BCUT2D eigenvalue weighted by Crippen LogP contribution is 2.34. The van der Waals surface area contributed by atoms with Crippen LogP contribution < -0.4 is 20.5 Å². The summed E-state index contributed by atoms with van der Waals surface area (Å²) in [6, 6.07) is 15.2. The Morgan fingerprint density at radius 2 is 1.73 bits per heavy atom. The Hall–Kier alpha value is -3.00. The fourth-order valence-corrected chi connectivity index (χ4v) is 4.10. The van der Waals surface area contributed by atoms with Crippen molar-refractivity contribution in [1.29, 1.82) is 0 Å². The minimum Gasteiger partial charge on any atom is -0.483 e. The van der Waals surface area contributed by atoms with Crippen LogP contribution in [0.15, 0.2) is 53.4 Å². The molecule has 1 aliphatic heterocycles. The summed E-state index contributed by atoms with van der Waals surface area (Å²) in [5.74, 6) is 0.468. The first kappa shape index (κ1) is 21.7. The maximum atomic E-state index is 12.6. The highest BCUT2D eigenvalue weighted by molar-refractivity contribution is 7.99. The molecular weight excluding hydrogens is 402 g/mol. The average Bonchev–Trinajstić information content (AvgIpc) is 2.79. The van der Waals surface area contributed by atoms with Crippen molar-refractivity contribution in [1.82, 2.24) is 10.9 Å². The van der Waals surface area contributed by atoms with Crippen LogP contribution in [0.3, 0.4) is 0 Å². The Labute approximate surface area is 180 Å². The van der Waals surface area contributed by atoms with Crippen LogP contribution in [0, 0.1) is 0 Å². The van der Waals surface area contributed by atoms with E-state index in [1.54, 1.807) is 22.7 Å². The summed E-state index contributed by atoms with van der Waals surface area (Å²) in [7, 11) is 0. The molecule has 3 amide bonds. The quantitative estimate of drug-likeness (QED) is 0.664. The van der Waals surface area contributed by atoms with Crippen LogP contribution in [0.25, 0.3) is 0 Å². The number of hydrogen-bond acceptors (Lipinski definition) is 5. The molecule has 2 aromatic rings. The number of carbonyl (C=O) groups excluding carboxylic acids is 3. The molecule has 0 saturated heterocycles. The molecular formula is C22H25N3O4S. The molecule has 2 N–H and O–H groups in total. The second-order valence-electron chi connectivity index (χ2n) is 6.71. The lowest BCUT2D eigenvalue weighted by Gasteiger charge is -2.29. The van der Waals surface area contributed by atoms with Crippen molar-refractivity contribution in [2.24, 2.45) is 0 Å². The molecule has 0 atom stereocenters. The lowest BCUT2D eigenvalue weighted by Crippen LogP contribution is -2.44. The molecule has 0 radical (unpaired) electrons. The topological polar surface area (TPSA) is 87.7 Å². The molecule has 0 spiro atoms. The molecule has 3 rings (SSSR count). The second-order valence-corrected chi connectivity index (χ2v) is 7.84. The molecule has 7 nitrogen and oxygen atoms in total. The molecule has 8 heteroatoms. The zero-order valence-corrected chi connectivity index (χ0v) is 17.7. The minimum absolute atomic E-state index is 0.00948. The molecule has 1 aliphatic rings. The van der Waals surface area contributed by atoms with Gasteiger partial charge in [0.2, 0.25) is 11.8 Å². The highest BCUT2D eigenvalue weighted by Gasteiger charge is 2.22. The molecule has 0 fully saturated rings. The number of anilines is 1. The summed E-state index contributed by atoms with van der Waals surface area (Å²) in [6.07, 6.45) is 0.855. The van der Waals surface area contributed by atoms with Crippen molar-refractivity contribution < 1.29 is 19.1 Å². The van der Waals surface area contributed by atoms with E-state index < -0.39 is 11.8 Å². The number of para-hydroxylation sites is 2. The van der Waals surface area contributed by atoms with Gasteiger partial charge >= 0.3 is 0 Å². The number of hydrazine groups is 1. The first-order chi connectivity index (χ1) is 14.6. The summed E-state index contributed by atoms with van der Waals surface area (Å²) in [4.78, 5) is 39.3. The van der Waals surface area contributed by atoms with Crippen LogP contribution in [0.1, 0.15) is 25.3 Å². The normalized spacial score (nSPS) is 12.6. The lowest BCUT2D eigenvalue weighted by atomic mass is 10.1. The lowest BCUT2D eigenvalue weighted by molar-refractivity contribution is -0.130. The van der Waals surface area contributed by atoms with Crippen LogP contribution >= 0.6 is 11.8 Å². The Kier molecular flexibility index (Phi) is 7.73. The summed E-state index contributed by atoms with van der Waals surface area (Å²) < 4.78 is 5.51. The van der Waals surface area contributed by atoms with Gasteiger partial charge in [-0.2, -0.15) is 0 Å². The molecule has 1 heterocycles. The van der Waals surface area contributed by atoms with Gasteiger partial charge in [-0.05, 0) is 30.2 Å². The SMILES string of the molecule is CCc1ccccc1OCC(=O)NNC(=O)CCC(=O)N1CCSc2ccccc21. The van der Waals surface area contributed by atoms with Gasteiger partial charge in [-0.25, -0.2) is 0 Å². The number of fused-ring (bicyclic) bond motifs is 1. The number of aryl methyl sites for hydroxylation is 1. The first-order valence-electron chi connectivity index (χ1n) is 9.89. The third-order valence-electron chi connectivity index (χ3n) is 4.65. The number of hydrogen-bond donors (Lipinski definition) is 2. The van der Waals surface area contributed by atoms with E-state index in [4.69, 9.17) is 4.74 Å². The standard InChI is InChI=1S/C22H25N3O4S/c1-2-16-7-3-5-9-18(16)29-15-21(27)24-23-20(26)11-12-22(28)25-13-14-30-19-10-6-4-8-17(19)25/h3-10H,2,11-15H2,1H3,(H,23,26)(H,24,27). The van der Waals surface area contributed by atoms with E-state index in [-0.39, 0.29) is 25.4 Å². The molecule has 30 heavy (non-hydrogen) atoms. The summed E-state index contributed by atoms with van der Waals surface area (Å²) >= 11 is 1.72. The highest BCUT2D eigenvalue weighted by atomic mass is 32.2. The van der Waals surface area contributed by atoms with E-state index in [1.807, 2.05) is 49.4 Å². The number of ether oxygens (including phenoxy) is 1. The number of rotatable bonds is 7. The number of nitrogens with zero attached hydrogens (tertiary/aromatic N) is 1. The predicted molar refractivity (Wildman–Crippen MR) is 116 cm³/mol. The molecule has 0 aromatic heterocycles. The number of amides is 3. The largest absolute Gasteiger partial charge is 0.483 e. The molecule has 0 aliphatic carbocycles. The Bertz CT molecular complexity index is 919.